The summed E-state index contributed by atoms with van der Waals surface area (Å²) in [7, 11) is 0. The summed E-state index contributed by atoms with van der Waals surface area (Å²) in [4.78, 5) is 30.6. The van der Waals surface area contributed by atoms with Crippen LogP contribution in [0, 0.1) is 10.1 Å². The van der Waals surface area contributed by atoms with Crippen molar-refractivity contribution in [3.05, 3.63) is 63.7 Å². The summed E-state index contributed by atoms with van der Waals surface area (Å²) in [5, 5.41) is 11.6. The Kier molecular flexibility index (Phi) is 6.58. The van der Waals surface area contributed by atoms with Gasteiger partial charge in [-0.25, -0.2) is 0 Å². The van der Waals surface area contributed by atoms with E-state index in [2.05, 4.69) is 30.6 Å². The third-order valence-electron chi connectivity index (χ3n) is 6.78. The second-order valence-electron chi connectivity index (χ2n) is 10.1. The maximum absolute atomic E-state index is 13.0. The molecule has 0 unspecified atom stereocenters. The van der Waals surface area contributed by atoms with Crippen LogP contribution in [0.4, 0.5) is 17.1 Å². The van der Waals surface area contributed by atoms with Crippen molar-refractivity contribution in [2.45, 2.75) is 45.4 Å². The SMILES string of the molecule is CC(C)(C)c1ccc(C(=O)N2CCN(c3ccc([N+](=O)[O-])c(N4CCCCC4)c3)CC2)cc1. The molecule has 2 aliphatic heterocycles. The van der Waals surface area contributed by atoms with Crippen LogP contribution in [-0.2, 0) is 5.41 Å². The number of carbonyl (C=O) groups excluding carboxylic acids is 1. The number of piperazine rings is 1. The molecule has 2 aromatic rings. The highest BCUT2D eigenvalue weighted by Crippen LogP contribution is 2.34. The minimum atomic E-state index is -0.282. The first-order valence-electron chi connectivity index (χ1n) is 11.9. The van der Waals surface area contributed by atoms with Gasteiger partial charge in [-0.05, 0) is 54.5 Å². The molecule has 0 saturated carbocycles. The average molecular weight is 451 g/mol. The highest BCUT2D eigenvalue weighted by Gasteiger charge is 2.26. The largest absolute Gasteiger partial charge is 0.368 e. The summed E-state index contributed by atoms with van der Waals surface area (Å²) in [5.41, 5.74) is 3.88. The summed E-state index contributed by atoms with van der Waals surface area (Å²) < 4.78 is 0. The van der Waals surface area contributed by atoms with Gasteiger partial charge in [-0.1, -0.05) is 32.9 Å². The van der Waals surface area contributed by atoms with Crippen molar-refractivity contribution in [3.63, 3.8) is 0 Å². The van der Waals surface area contributed by atoms with Gasteiger partial charge in [-0.3, -0.25) is 14.9 Å². The second kappa shape index (κ2) is 9.41. The van der Waals surface area contributed by atoms with Crippen LogP contribution >= 0.6 is 0 Å². The number of nitro groups is 1. The Morgan fingerprint density at radius 3 is 2.06 bits per heavy atom. The van der Waals surface area contributed by atoms with Crippen LogP contribution in [0.1, 0.15) is 56.0 Å². The maximum atomic E-state index is 13.0. The third kappa shape index (κ3) is 5.13. The Morgan fingerprint density at radius 2 is 1.48 bits per heavy atom. The van der Waals surface area contributed by atoms with Crippen molar-refractivity contribution in [2.24, 2.45) is 0 Å². The molecule has 0 spiro atoms. The van der Waals surface area contributed by atoms with Crippen LogP contribution in [0.2, 0.25) is 0 Å². The minimum absolute atomic E-state index is 0.0605. The molecular weight excluding hydrogens is 416 g/mol. The highest BCUT2D eigenvalue weighted by molar-refractivity contribution is 5.94. The Morgan fingerprint density at radius 1 is 0.848 bits per heavy atom. The zero-order chi connectivity index (χ0) is 23.6. The van der Waals surface area contributed by atoms with Crippen molar-refractivity contribution in [1.82, 2.24) is 4.90 Å². The number of hydrogen-bond donors (Lipinski definition) is 0. The highest BCUT2D eigenvalue weighted by atomic mass is 16.6. The number of nitrogens with zero attached hydrogens (tertiary/aromatic N) is 4. The number of rotatable bonds is 4. The van der Waals surface area contributed by atoms with E-state index < -0.39 is 0 Å². The van der Waals surface area contributed by atoms with E-state index in [1.54, 1.807) is 6.07 Å². The minimum Gasteiger partial charge on any atom is -0.368 e. The summed E-state index contributed by atoms with van der Waals surface area (Å²) >= 11 is 0. The topological polar surface area (TPSA) is 69.9 Å². The first kappa shape index (κ1) is 23.1. The van der Waals surface area contributed by atoms with Crippen LogP contribution in [0.3, 0.4) is 0 Å². The van der Waals surface area contributed by atoms with E-state index in [0.717, 1.165) is 42.9 Å². The van der Waals surface area contributed by atoms with Crippen LogP contribution in [0.25, 0.3) is 0 Å². The Labute approximate surface area is 196 Å². The molecule has 33 heavy (non-hydrogen) atoms. The molecule has 4 rings (SSSR count). The number of benzene rings is 2. The molecule has 2 aromatic carbocycles. The van der Waals surface area contributed by atoms with Crippen LogP contribution < -0.4 is 9.80 Å². The van der Waals surface area contributed by atoms with Gasteiger partial charge in [0.05, 0.1) is 4.92 Å². The molecule has 2 fully saturated rings. The van der Waals surface area contributed by atoms with Crippen molar-refractivity contribution in [2.75, 3.05) is 49.1 Å². The van der Waals surface area contributed by atoms with Crippen molar-refractivity contribution < 1.29 is 9.72 Å². The van der Waals surface area contributed by atoms with E-state index in [1.165, 1.54) is 12.0 Å². The summed E-state index contributed by atoms with van der Waals surface area (Å²) in [6, 6.07) is 13.4. The summed E-state index contributed by atoms with van der Waals surface area (Å²) in [5.74, 6) is 0.0628. The van der Waals surface area contributed by atoms with Gasteiger partial charge in [0.15, 0.2) is 0 Å². The Hall–Kier alpha value is -3.09. The molecule has 0 atom stereocenters. The van der Waals surface area contributed by atoms with E-state index in [-0.39, 0.29) is 21.9 Å². The van der Waals surface area contributed by atoms with Crippen LogP contribution in [0.15, 0.2) is 42.5 Å². The molecule has 0 N–H and O–H groups in total. The Balaban J connectivity index is 1.44. The van der Waals surface area contributed by atoms with E-state index >= 15 is 0 Å². The maximum Gasteiger partial charge on any atom is 0.292 e. The molecule has 2 heterocycles. The lowest BCUT2D eigenvalue weighted by Gasteiger charge is -2.37. The lowest BCUT2D eigenvalue weighted by molar-refractivity contribution is -0.384. The average Bonchev–Trinajstić information content (AvgIpc) is 2.83. The van der Waals surface area contributed by atoms with Gasteiger partial charge in [0.1, 0.15) is 5.69 Å². The summed E-state index contributed by atoms with van der Waals surface area (Å²) in [6.45, 7) is 10.9. The smallest absolute Gasteiger partial charge is 0.292 e. The lowest BCUT2D eigenvalue weighted by atomic mass is 9.86. The van der Waals surface area contributed by atoms with E-state index in [9.17, 15) is 14.9 Å². The van der Waals surface area contributed by atoms with Gasteiger partial charge in [0, 0.05) is 56.6 Å². The summed E-state index contributed by atoms with van der Waals surface area (Å²) in [6.07, 6.45) is 3.32. The quantitative estimate of drug-likeness (QED) is 0.492. The molecule has 0 bridgehead atoms. The Bertz CT molecular complexity index is 999. The molecule has 0 aliphatic carbocycles. The molecule has 0 radical (unpaired) electrons. The number of carbonyl (C=O) groups is 1. The van der Waals surface area contributed by atoms with Gasteiger partial charge in [-0.15, -0.1) is 0 Å². The molecule has 176 valence electrons. The lowest BCUT2D eigenvalue weighted by Crippen LogP contribution is -2.48. The first-order valence-corrected chi connectivity index (χ1v) is 11.9. The van der Waals surface area contributed by atoms with Crippen molar-refractivity contribution >= 4 is 23.0 Å². The number of piperidine rings is 1. The number of nitro benzene ring substituents is 1. The standard InChI is InChI=1S/C26H34N4O3/c1-26(2,3)21-9-7-20(8-10-21)25(31)29-17-15-27(16-18-29)22-11-12-23(30(32)33)24(19-22)28-13-5-4-6-14-28/h7-12,19H,4-6,13-18H2,1-3H3. The fourth-order valence-electron chi connectivity index (χ4n) is 4.71. The van der Waals surface area contributed by atoms with Crippen LogP contribution in [-0.4, -0.2) is 55.0 Å². The number of anilines is 2. The first-order chi connectivity index (χ1) is 15.7. The molecule has 7 heteroatoms. The second-order valence-corrected chi connectivity index (χ2v) is 10.1. The normalized spacial score (nSPS) is 17.2. The van der Waals surface area contributed by atoms with E-state index in [1.807, 2.05) is 41.3 Å². The molecule has 2 saturated heterocycles. The van der Waals surface area contributed by atoms with E-state index in [0.29, 0.717) is 26.2 Å². The van der Waals surface area contributed by atoms with Crippen molar-refractivity contribution in [1.29, 1.82) is 0 Å². The predicted octanol–water partition coefficient (Wildman–Crippen LogP) is 4.85. The molecule has 0 aromatic heterocycles. The van der Waals surface area contributed by atoms with Gasteiger partial charge >= 0.3 is 0 Å². The van der Waals surface area contributed by atoms with Crippen molar-refractivity contribution in [3.8, 4) is 0 Å². The molecule has 2 aliphatic rings. The van der Waals surface area contributed by atoms with Gasteiger partial charge < -0.3 is 14.7 Å². The predicted molar refractivity (Wildman–Crippen MR) is 132 cm³/mol. The third-order valence-corrected chi connectivity index (χ3v) is 6.78. The van der Waals surface area contributed by atoms with Gasteiger partial charge in [0.2, 0.25) is 0 Å². The fraction of sp³-hybridized carbons (Fsp3) is 0.500. The van der Waals surface area contributed by atoms with Gasteiger partial charge in [0.25, 0.3) is 11.6 Å². The monoisotopic (exact) mass is 450 g/mol. The fourth-order valence-corrected chi connectivity index (χ4v) is 4.71. The van der Waals surface area contributed by atoms with Gasteiger partial charge in [-0.2, -0.15) is 0 Å². The zero-order valence-corrected chi connectivity index (χ0v) is 19.9. The number of hydrogen-bond acceptors (Lipinski definition) is 5. The molecule has 7 nitrogen and oxygen atoms in total. The molecular formula is C26H34N4O3. The zero-order valence-electron chi connectivity index (χ0n) is 19.9. The molecule has 1 amide bonds. The van der Waals surface area contributed by atoms with Crippen LogP contribution in [0.5, 0.6) is 0 Å². The van der Waals surface area contributed by atoms with E-state index in [4.69, 9.17) is 0 Å². The number of amides is 1.